The van der Waals surface area contributed by atoms with Gasteiger partial charge in [0.25, 0.3) is 0 Å². The number of hydrogen-bond donors (Lipinski definition) is 2. The van der Waals surface area contributed by atoms with E-state index in [1.54, 1.807) is 0 Å². The smallest absolute Gasteiger partial charge is 0.0252 e. The molecule has 4 rings (SSSR count). The maximum atomic E-state index is 4.02. The van der Waals surface area contributed by atoms with E-state index in [0.717, 1.165) is 36.0 Å². The lowest BCUT2D eigenvalue weighted by Crippen LogP contribution is -2.51. The second kappa shape index (κ2) is 7.22. The highest BCUT2D eigenvalue weighted by Gasteiger charge is 2.41. The Kier molecular flexibility index (Phi) is 5.19. The van der Waals surface area contributed by atoms with E-state index in [1.807, 2.05) is 0 Å². The molecule has 0 aromatic heterocycles. The second-order valence-electron chi connectivity index (χ2n) is 9.27. The first-order chi connectivity index (χ1) is 11.6. The van der Waals surface area contributed by atoms with Gasteiger partial charge in [-0.2, -0.15) is 0 Å². The molecule has 0 radical (unpaired) electrons. The third kappa shape index (κ3) is 3.40. The molecule has 138 valence electrons. The highest BCUT2D eigenvalue weighted by Crippen LogP contribution is 2.34. The number of likely N-dealkylation sites (tertiary alicyclic amines) is 2. The van der Waals surface area contributed by atoms with E-state index in [-0.39, 0.29) is 0 Å². The van der Waals surface area contributed by atoms with E-state index < -0.39 is 0 Å². The molecule has 0 aliphatic carbocycles. The van der Waals surface area contributed by atoms with Gasteiger partial charge in [-0.1, -0.05) is 0 Å². The molecule has 4 saturated heterocycles. The van der Waals surface area contributed by atoms with Gasteiger partial charge in [-0.15, -0.1) is 0 Å². The maximum Gasteiger partial charge on any atom is 0.0252 e. The summed E-state index contributed by atoms with van der Waals surface area (Å²) in [5.41, 5.74) is 0. The zero-order chi connectivity index (χ0) is 16.7. The van der Waals surface area contributed by atoms with Crippen molar-refractivity contribution >= 4 is 0 Å². The van der Waals surface area contributed by atoms with Gasteiger partial charge in [0.2, 0.25) is 0 Å². The molecule has 4 aliphatic rings. The summed E-state index contributed by atoms with van der Waals surface area (Å²) in [7, 11) is 0. The number of fused-ring (bicyclic) bond motifs is 2. The minimum Gasteiger partial charge on any atom is -0.315 e. The predicted molar refractivity (Wildman–Crippen MR) is 100 cm³/mol. The molecule has 4 heterocycles. The van der Waals surface area contributed by atoms with Gasteiger partial charge in [0, 0.05) is 43.3 Å². The van der Waals surface area contributed by atoms with Crippen LogP contribution in [0.15, 0.2) is 0 Å². The van der Waals surface area contributed by atoms with Crippen LogP contribution in [-0.2, 0) is 0 Å². The number of nitrogens with one attached hydrogen (secondary N) is 2. The van der Waals surface area contributed by atoms with Crippen molar-refractivity contribution in [2.24, 2.45) is 11.8 Å². The molecular weight excluding hydrogens is 296 g/mol. The Labute approximate surface area is 148 Å². The largest absolute Gasteiger partial charge is 0.315 e. The summed E-state index contributed by atoms with van der Waals surface area (Å²) in [6.07, 6.45) is 6.99. The summed E-state index contributed by atoms with van der Waals surface area (Å²) in [6, 6.07) is 3.75. The van der Waals surface area contributed by atoms with Gasteiger partial charge in [-0.3, -0.25) is 9.80 Å². The normalized spacial score (nSPS) is 42.2. The molecule has 24 heavy (non-hydrogen) atoms. The highest BCUT2D eigenvalue weighted by atomic mass is 15.2. The van der Waals surface area contributed by atoms with Crippen molar-refractivity contribution in [1.29, 1.82) is 0 Å². The quantitative estimate of drug-likeness (QED) is 0.822. The van der Waals surface area contributed by atoms with Crippen LogP contribution in [0.25, 0.3) is 0 Å². The lowest BCUT2D eigenvalue weighted by molar-refractivity contribution is 0.132. The molecule has 0 bridgehead atoms. The molecule has 0 saturated carbocycles. The molecule has 4 heteroatoms. The fraction of sp³-hybridized carbons (Fsp3) is 1.00. The monoisotopic (exact) mass is 334 g/mol. The van der Waals surface area contributed by atoms with Gasteiger partial charge in [-0.25, -0.2) is 0 Å². The summed E-state index contributed by atoms with van der Waals surface area (Å²) in [5.74, 6) is 1.90. The standard InChI is InChI=1S/C20H38N4/c1-14(2)23-8-5-17-11-18(22-19(17)13-23)10-15(3)24-9-6-16-4-7-21-12-20(16)24/h14-22H,4-13H2,1-3H3/t15?,16-,17-,18?,19-,20-/m0/s1. The van der Waals surface area contributed by atoms with Crippen molar-refractivity contribution in [3.8, 4) is 0 Å². The van der Waals surface area contributed by atoms with Gasteiger partial charge in [-0.05, 0) is 84.3 Å². The Balaban J connectivity index is 1.30. The molecule has 2 unspecified atom stereocenters. The predicted octanol–water partition coefficient (Wildman–Crippen LogP) is 1.91. The molecule has 0 aromatic rings. The molecule has 0 amide bonds. The summed E-state index contributed by atoms with van der Waals surface area (Å²) in [5, 5.41) is 7.65. The van der Waals surface area contributed by atoms with E-state index in [9.17, 15) is 0 Å². The lowest BCUT2D eigenvalue weighted by atomic mass is 9.89. The first-order valence-electron chi connectivity index (χ1n) is 10.6. The van der Waals surface area contributed by atoms with Crippen LogP contribution in [0.5, 0.6) is 0 Å². The Bertz CT molecular complexity index is 426. The summed E-state index contributed by atoms with van der Waals surface area (Å²) < 4.78 is 0. The van der Waals surface area contributed by atoms with Crippen LogP contribution in [0.3, 0.4) is 0 Å². The van der Waals surface area contributed by atoms with E-state index in [4.69, 9.17) is 0 Å². The van der Waals surface area contributed by atoms with Crippen molar-refractivity contribution in [1.82, 2.24) is 20.4 Å². The Hall–Kier alpha value is -0.160. The van der Waals surface area contributed by atoms with E-state index >= 15 is 0 Å². The number of rotatable bonds is 4. The van der Waals surface area contributed by atoms with Crippen molar-refractivity contribution < 1.29 is 0 Å². The van der Waals surface area contributed by atoms with Gasteiger partial charge in [0.1, 0.15) is 0 Å². The minimum atomic E-state index is 0.700. The third-order valence-corrected chi connectivity index (χ3v) is 7.52. The zero-order valence-corrected chi connectivity index (χ0v) is 16.0. The van der Waals surface area contributed by atoms with Crippen molar-refractivity contribution in [2.45, 2.75) is 83.1 Å². The number of nitrogens with zero attached hydrogens (tertiary/aromatic N) is 2. The SMILES string of the molecule is CC(C)N1CC[C@H]2CC(CC(C)N3CC[C@@H]4CCNC[C@@H]43)N[C@H]2C1. The van der Waals surface area contributed by atoms with Crippen LogP contribution < -0.4 is 10.6 Å². The summed E-state index contributed by atoms with van der Waals surface area (Å²) in [6.45, 7) is 13.6. The van der Waals surface area contributed by atoms with Crippen LogP contribution in [0.2, 0.25) is 0 Å². The number of piperidine rings is 2. The third-order valence-electron chi connectivity index (χ3n) is 7.52. The van der Waals surface area contributed by atoms with E-state index in [2.05, 4.69) is 41.2 Å². The summed E-state index contributed by atoms with van der Waals surface area (Å²) >= 11 is 0. The van der Waals surface area contributed by atoms with Crippen LogP contribution in [0.1, 0.15) is 52.9 Å². The first kappa shape index (κ1) is 17.3. The van der Waals surface area contributed by atoms with Crippen LogP contribution >= 0.6 is 0 Å². The average molecular weight is 335 g/mol. The number of hydrogen-bond acceptors (Lipinski definition) is 4. The second-order valence-corrected chi connectivity index (χ2v) is 9.27. The van der Waals surface area contributed by atoms with Crippen molar-refractivity contribution in [3.63, 3.8) is 0 Å². The molecule has 4 nitrogen and oxygen atoms in total. The molecule has 2 N–H and O–H groups in total. The van der Waals surface area contributed by atoms with Gasteiger partial charge in [0.05, 0.1) is 0 Å². The van der Waals surface area contributed by atoms with Crippen LogP contribution in [-0.4, -0.2) is 72.7 Å². The Morgan fingerprint density at radius 3 is 2.71 bits per heavy atom. The molecule has 0 aromatic carbocycles. The van der Waals surface area contributed by atoms with Gasteiger partial charge in [0.15, 0.2) is 0 Å². The maximum absolute atomic E-state index is 4.02. The van der Waals surface area contributed by atoms with E-state index in [1.165, 1.54) is 64.8 Å². The van der Waals surface area contributed by atoms with Crippen LogP contribution in [0.4, 0.5) is 0 Å². The average Bonchev–Trinajstić information content (AvgIpc) is 3.17. The Morgan fingerprint density at radius 1 is 1.04 bits per heavy atom. The Morgan fingerprint density at radius 2 is 1.88 bits per heavy atom. The lowest BCUT2D eigenvalue weighted by Gasteiger charge is -2.37. The molecule has 4 fully saturated rings. The fourth-order valence-electron chi connectivity index (χ4n) is 6.06. The van der Waals surface area contributed by atoms with Gasteiger partial charge >= 0.3 is 0 Å². The fourth-order valence-corrected chi connectivity index (χ4v) is 6.06. The van der Waals surface area contributed by atoms with Crippen LogP contribution in [0, 0.1) is 11.8 Å². The topological polar surface area (TPSA) is 30.5 Å². The van der Waals surface area contributed by atoms with Crippen molar-refractivity contribution in [3.05, 3.63) is 0 Å². The highest BCUT2D eigenvalue weighted by molar-refractivity contribution is 4.99. The molecular formula is C20H38N4. The van der Waals surface area contributed by atoms with Gasteiger partial charge < -0.3 is 10.6 Å². The molecule has 6 atom stereocenters. The first-order valence-corrected chi connectivity index (χ1v) is 10.6. The molecule has 0 spiro atoms. The van der Waals surface area contributed by atoms with E-state index in [0.29, 0.717) is 6.04 Å². The van der Waals surface area contributed by atoms with Crippen molar-refractivity contribution in [2.75, 3.05) is 32.7 Å². The minimum absolute atomic E-state index is 0.700. The zero-order valence-electron chi connectivity index (χ0n) is 16.0. The summed E-state index contributed by atoms with van der Waals surface area (Å²) in [4.78, 5) is 5.50. The molecule has 4 aliphatic heterocycles.